The fourth-order valence-electron chi connectivity index (χ4n) is 2.44. The first-order valence-corrected chi connectivity index (χ1v) is 7.93. The Morgan fingerprint density at radius 1 is 1.43 bits per heavy atom. The van der Waals surface area contributed by atoms with Crippen molar-refractivity contribution < 1.29 is 4.79 Å². The van der Waals surface area contributed by atoms with Crippen LogP contribution in [0.5, 0.6) is 0 Å². The maximum Gasteiger partial charge on any atom is 0.255 e. The fourth-order valence-corrected chi connectivity index (χ4v) is 2.44. The molecule has 1 heterocycles. The predicted molar refractivity (Wildman–Crippen MR) is 86.4 cm³/mol. The van der Waals surface area contributed by atoms with Gasteiger partial charge >= 0.3 is 0 Å². The van der Waals surface area contributed by atoms with Crippen LogP contribution in [0.1, 0.15) is 69.9 Å². The monoisotopic (exact) mass is 294 g/mol. The van der Waals surface area contributed by atoms with Crippen LogP contribution in [0.25, 0.3) is 0 Å². The van der Waals surface area contributed by atoms with E-state index in [1.807, 2.05) is 11.6 Å². The minimum atomic E-state index is -0.126. The summed E-state index contributed by atoms with van der Waals surface area (Å²) in [6.45, 7) is 10.9. The highest BCUT2D eigenvalue weighted by Gasteiger charge is 2.23. The highest BCUT2D eigenvalue weighted by atomic mass is 16.1. The van der Waals surface area contributed by atoms with Crippen LogP contribution in [0.3, 0.4) is 0 Å². The Kier molecular flexibility index (Phi) is 6.40. The van der Waals surface area contributed by atoms with E-state index in [4.69, 9.17) is 5.73 Å². The first-order valence-electron chi connectivity index (χ1n) is 7.93. The Morgan fingerprint density at radius 3 is 2.57 bits per heavy atom. The summed E-state index contributed by atoms with van der Waals surface area (Å²) in [5.41, 5.74) is 7.27. The number of aromatic nitrogens is 2. The number of carbonyl (C=O) groups excluding carboxylic acids is 1. The number of amides is 1. The zero-order valence-electron chi connectivity index (χ0n) is 14.1. The lowest BCUT2D eigenvalue weighted by Crippen LogP contribution is -2.40. The van der Waals surface area contributed by atoms with E-state index in [1.165, 1.54) is 0 Å². The van der Waals surface area contributed by atoms with Gasteiger partial charge in [-0.15, -0.1) is 0 Å². The molecule has 0 saturated heterocycles. The van der Waals surface area contributed by atoms with E-state index in [0.29, 0.717) is 12.1 Å². The van der Waals surface area contributed by atoms with Gasteiger partial charge in [0.2, 0.25) is 0 Å². The van der Waals surface area contributed by atoms with Gasteiger partial charge in [-0.25, -0.2) is 0 Å². The second-order valence-electron chi connectivity index (χ2n) is 6.49. The van der Waals surface area contributed by atoms with E-state index in [-0.39, 0.29) is 17.5 Å². The smallest absolute Gasteiger partial charge is 0.255 e. The van der Waals surface area contributed by atoms with Crippen LogP contribution >= 0.6 is 0 Å². The van der Waals surface area contributed by atoms with Crippen molar-refractivity contribution in [3.63, 3.8) is 0 Å². The molecule has 5 nitrogen and oxygen atoms in total. The molecule has 1 aromatic rings. The summed E-state index contributed by atoms with van der Waals surface area (Å²) >= 11 is 0. The van der Waals surface area contributed by atoms with Gasteiger partial charge in [0.25, 0.3) is 5.91 Å². The quantitative estimate of drug-likeness (QED) is 0.811. The van der Waals surface area contributed by atoms with Crippen LogP contribution < -0.4 is 11.1 Å². The minimum Gasteiger partial charge on any atom is -0.348 e. The fraction of sp³-hybridized carbons (Fsp3) is 0.750. The number of nitrogens with two attached hydrogens (primary N) is 1. The third-order valence-electron chi connectivity index (χ3n) is 3.61. The third-order valence-corrected chi connectivity index (χ3v) is 3.61. The van der Waals surface area contributed by atoms with E-state index < -0.39 is 0 Å². The van der Waals surface area contributed by atoms with Crippen molar-refractivity contribution in [3.8, 4) is 0 Å². The van der Waals surface area contributed by atoms with Crippen molar-refractivity contribution in [2.24, 2.45) is 5.73 Å². The minimum absolute atomic E-state index is 0.0418. The van der Waals surface area contributed by atoms with Gasteiger partial charge < -0.3 is 11.1 Å². The van der Waals surface area contributed by atoms with Gasteiger partial charge in [0.15, 0.2) is 0 Å². The van der Waals surface area contributed by atoms with Crippen LogP contribution in [0, 0.1) is 0 Å². The molecule has 0 bridgehead atoms. The summed E-state index contributed by atoms with van der Waals surface area (Å²) in [5.74, 6) is -0.0612. The number of nitrogens with one attached hydrogen (secondary N) is 1. The maximum absolute atomic E-state index is 12.5. The van der Waals surface area contributed by atoms with Crippen LogP contribution in [-0.2, 0) is 12.0 Å². The second-order valence-corrected chi connectivity index (χ2v) is 6.49. The zero-order chi connectivity index (χ0) is 16.0. The van der Waals surface area contributed by atoms with Crippen molar-refractivity contribution in [1.29, 1.82) is 0 Å². The van der Waals surface area contributed by atoms with Gasteiger partial charge in [0.1, 0.15) is 0 Å². The number of unbranched alkanes of at least 4 members (excludes halogenated alkanes) is 1. The standard InChI is InChI=1S/C16H30N4O/c1-6-8-9-12(10-17)19-15(21)13-11-18-20(14(13)7-2)16(3,4)5/h11-12H,6-10,17H2,1-5H3,(H,19,21). The molecule has 1 unspecified atom stereocenters. The number of hydrogen-bond acceptors (Lipinski definition) is 3. The van der Waals surface area contributed by atoms with Crippen LogP contribution in [-0.4, -0.2) is 28.3 Å². The molecule has 1 amide bonds. The predicted octanol–water partition coefficient (Wildman–Crippen LogP) is 2.45. The number of rotatable bonds is 7. The lowest BCUT2D eigenvalue weighted by molar-refractivity contribution is 0.0934. The van der Waals surface area contributed by atoms with Crippen molar-refractivity contribution in [3.05, 3.63) is 17.5 Å². The summed E-state index contributed by atoms with van der Waals surface area (Å²) in [4.78, 5) is 12.5. The zero-order valence-corrected chi connectivity index (χ0v) is 14.1. The van der Waals surface area contributed by atoms with E-state index in [0.717, 1.165) is 31.4 Å². The molecule has 0 aliphatic carbocycles. The summed E-state index contributed by atoms with van der Waals surface area (Å²) in [5, 5.41) is 7.44. The normalized spacial score (nSPS) is 13.2. The number of carbonyl (C=O) groups is 1. The number of hydrogen-bond donors (Lipinski definition) is 2. The van der Waals surface area contributed by atoms with Crippen molar-refractivity contribution in [2.75, 3.05) is 6.54 Å². The van der Waals surface area contributed by atoms with E-state index in [1.54, 1.807) is 6.20 Å². The average Bonchev–Trinajstić information content (AvgIpc) is 2.87. The Morgan fingerprint density at radius 2 is 2.10 bits per heavy atom. The van der Waals surface area contributed by atoms with Gasteiger partial charge in [-0.05, 0) is 33.6 Å². The molecule has 0 spiro atoms. The topological polar surface area (TPSA) is 72.9 Å². The molecule has 1 aromatic heterocycles. The molecule has 0 aliphatic rings. The number of nitrogens with zero attached hydrogens (tertiary/aromatic N) is 2. The van der Waals surface area contributed by atoms with E-state index in [2.05, 4.69) is 38.1 Å². The van der Waals surface area contributed by atoms with E-state index in [9.17, 15) is 4.79 Å². The molecule has 120 valence electrons. The van der Waals surface area contributed by atoms with Gasteiger partial charge in [-0.3, -0.25) is 9.48 Å². The van der Waals surface area contributed by atoms with Gasteiger partial charge in [0, 0.05) is 12.6 Å². The van der Waals surface area contributed by atoms with Gasteiger partial charge in [-0.2, -0.15) is 5.10 Å². The Bertz CT molecular complexity index is 459. The Labute approximate surface area is 128 Å². The van der Waals surface area contributed by atoms with Crippen molar-refractivity contribution >= 4 is 5.91 Å². The Balaban J connectivity index is 2.90. The first-order chi connectivity index (χ1) is 9.85. The van der Waals surface area contributed by atoms with Crippen molar-refractivity contribution in [1.82, 2.24) is 15.1 Å². The summed E-state index contributed by atoms with van der Waals surface area (Å²) in [6.07, 6.45) is 5.56. The Hall–Kier alpha value is -1.36. The lowest BCUT2D eigenvalue weighted by Gasteiger charge is -2.23. The third kappa shape index (κ3) is 4.56. The van der Waals surface area contributed by atoms with Gasteiger partial charge in [0.05, 0.1) is 23.0 Å². The van der Waals surface area contributed by atoms with Crippen LogP contribution in [0.4, 0.5) is 0 Å². The average molecular weight is 294 g/mol. The molecule has 3 N–H and O–H groups in total. The summed E-state index contributed by atoms with van der Waals surface area (Å²) in [6, 6.07) is 0.0418. The first kappa shape index (κ1) is 17.7. The summed E-state index contributed by atoms with van der Waals surface area (Å²) < 4.78 is 1.94. The maximum atomic E-state index is 12.5. The molecule has 1 atom stereocenters. The molecule has 0 radical (unpaired) electrons. The molecule has 0 aromatic carbocycles. The molecule has 0 aliphatic heterocycles. The van der Waals surface area contributed by atoms with E-state index >= 15 is 0 Å². The summed E-state index contributed by atoms with van der Waals surface area (Å²) in [7, 11) is 0. The lowest BCUT2D eigenvalue weighted by atomic mass is 10.1. The van der Waals surface area contributed by atoms with Crippen LogP contribution in [0.2, 0.25) is 0 Å². The molecular formula is C16H30N4O. The molecule has 1 rings (SSSR count). The SMILES string of the molecule is CCCCC(CN)NC(=O)c1cnn(C(C)(C)C)c1CC. The molecule has 21 heavy (non-hydrogen) atoms. The molecule has 5 heteroatoms. The highest BCUT2D eigenvalue weighted by Crippen LogP contribution is 2.19. The largest absolute Gasteiger partial charge is 0.348 e. The second kappa shape index (κ2) is 7.59. The van der Waals surface area contributed by atoms with Crippen molar-refractivity contribution in [2.45, 2.75) is 71.9 Å². The highest BCUT2D eigenvalue weighted by molar-refractivity contribution is 5.95. The van der Waals surface area contributed by atoms with Crippen LogP contribution in [0.15, 0.2) is 6.20 Å². The molecular weight excluding hydrogens is 264 g/mol. The molecule has 0 saturated carbocycles. The van der Waals surface area contributed by atoms with Gasteiger partial charge in [-0.1, -0.05) is 26.7 Å². The molecule has 0 fully saturated rings.